The Hall–Kier alpha value is -1.95. The van der Waals surface area contributed by atoms with Crippen LogP contribution in [0.3, 0.4) is 0 Å². The number of rotatable bonds is 15. The lowest BCUT2D eigenvalue weighted by atomic mass is 10.1. The first-order valence-electron chi connectivity index (χ1n) is 13.4. The number of benzene rings is 3. The number of hydrogen-bond donors (Lipinski definition) is 1. The maximum Gasteiger partial charge on any atom is 0.0431 e. The first-order valence-corrected chi connectivity index (χ1v) is 14.8. The molecule has 34 heavy (non-hydrogen) atoms. The van der Waals surface area contributed by atoms with Gasteiger partial charge in [0.05, 0.1) is 0 Å². The summed E-state index contributed by atoms with van der Waals surface area (Å²) in [4.78, 5) is 0. The zero-order valence-corrected chi connectivity index (χ0v) is 22.1. The Morgan fingerprint density at radius 3 is 1.03 bits per heavy atom. The van der Waals surface area contributed by atoms with Gasteiger partial charge in [0.1, 0.15) is 0 Å². The molecule has 0 amide bonds. The van der Waals surface area contributed by atoms with Crippen LogP contribution >= 0.6 is 7.92 Å². The van der Waals surface area contributed by atoms with E-state index in [0.29, 0.717) is 6.61 Å². The van der Waals surface area contributed by atoms with Gasteiger partial charge in [0.2, 0.25) is 0 Å². The fourth-order valence-corrected chi connectivity index (χ4v) is 6.44. The largest absolute Gasteiger partial charge is 0.396 e. The van der Waals surface area contributed by atoms with E-state index < -0.39 is 7.92 Å². The van der Waals surface area contributed by atoms with E-state index >= 15 is 0 Å². The van der Waals surface area contributed by atoms with E-state index in [1.807, 2.05) is 0 Å². The Balaban J connectivity index is 0.000000249. The third-order valence-corrected chi connectivity index (χ3v) is 8.50. The molecule has 0 aliphatic heterocycles. The highest BCUT2D eigenvalue weighted by molar-refractivity contribution is 7.79. The number of hydrogen-bond acceptors (Lipinski definition) is 1. The normalized spacial score (nSPS) is 10.7. The molecule has 0 aromatic heterocycles. The quantitative estimate of drug-likeness (QED) is 0.173. The summed E-state index contributed by atoms with van der Waals surface area (Å²) in [6.07, 6.45) is 16.2. The van der Waals surface area contributed by atoms with Crippen LogP contribution in [0.15, 0.2) is 91.0 Å². The predicted molar refractivity (Wildman–Crippen MR) is 153 cm³/mol. The zero-order valence-electron chi connectivity index (χ0n) is 21.2. The Morgan fingerprint density at radius 2 is 0.735 bits per heavy atom. The van der Waals surface area contributed by atoms with Crippen LogP contribution in [0.1, 0.15) is 84.0 Å². The van der Waals surface area contributed by atoms with Gasteiger partial charge in [-0.25, -0.2) is 0 Å². The minimum Gasteiger partial charge on any atom is -0.396 e. The molecule has 0 radical (unpaired) electrons. The van der Waals surface area contributed by atoms with Crippen LogP contribution in [0.2, 0.25) is 0 Å². The van der Waals surface area contributed by atoms with E-state index in [1.165, 1.54) is 86.5 Å². The molecule has 2 heteroatoms. The van der Waals surface area contributed by atoms with E-state index in [1.54, 1.807) is 0 Å². The average Bonchev–Trinajstić information content (AvgIpc) is 2.90. The molecule has 184 valence electrons. The maximum absolute atomic E-state index is 8.61. The molecule has 0 aliphatic carbocycles. The van der Waals surface area contributed by atoms with E-state index in [0.717, 1.165) is 6.42 Å². The smallest absolute Gasteiger partial charge is 0.0431 e. The van der Waals surface area contributed by atoms with Gasteiger partial charge in [0.15, 0.2) is 0 Å². The molecule has 0 saturated carbocycles. The fraction of sp³-hybridized carbons (Fsp3) is 0.438. The number of aliphatic hydroxyl groups excluding tert-OH is 1. The van der Waals surface area contributed by atoms with Crippen LogP contribution in [-0.2, 0) is 0 Å². The summed E-state index contributed by atoms with van der Waals surface area (Å²) in [7, 11) is -0.446. The van der Waals surface area contributed by atoms with Gasteiger partial charge >= 0.3 is 0 Å². The van der Waals surface area contributed by atoms with E-state index in [9.17, 15) is 0 Å². The van der Waals surface area contributed by atoms with Crippen LogP contribution in [0, 0.1) is 0 Å². The second kappa shape index (κ2) is 19.4. The molecule has 0 atom stereocenters. The molecule has 0 bridgehead atoms. The van der Waals surface area contributed by atoms with Crippen molar-refractivity contribution in [3.63, 3.8) is 0 Å². The molecule has 1 N–H and O–H groups in total. The molecule has 0 aliphatic rings. The molecule has 0 fully saturated rings. The third kappa shape index (κ3) is 12.0. The van der Waals surface area contributed by atoms with Crippen molar-refractivity contribution in [1.29, 1.82) is 0 Å². The molecule has 0 unspecified atom stereocenters. The lowest BCUT2D eigenvalue weighted by Gasteiger charge is -2.18. The molecular formula is C32H45OP. The van der Waals surface area contributed by atoms with Gasteiger partial charge in [0, 0.05) is 6.61 Å². The summed E-state index contributed by atoms with van der Waals surface area (Å²) < 4.78 is 0. The molecule has 3 aromatic carbocycles. The van der Waals surface area contributed by atoms with Crippen molar-refractivity contribution in [2.24, 2.45) is 0 Å². The Kier molecular flexibility index (Phi) is 16.1. The van der Waals surface area contributed by atoms with Gasteiger partial charge < -0.3 is 5.11 Å². The van der Waals surface area contributed by atoms with Crippen molar-refractivity contribution in [2.75, 3.05) is 6.61 Å². The minimum absolute atomic E-state index is 0.372. The third-order valence-electron chi connectivity index (χ3n) is 6.05. The first kappa shape index (κ1) is 28.3. The van der Waals surface area contributed by atoms with Crippen LogP contribution in [0.5, 0.6) is 0 Å². The van der Waals surface area contributed by atoms with Gasteiger partial charge in [-0.1, -0.05) is 169 Å². The highest BCUT2D eigenvalue weighted by Crippen LogP contribution is 2.32. The van der Waals surface area contributed by atoms with Gasteiger partial charge in [-0.15, -0.1) is 0 Å². The minimum atomic E-state index is -0.446. The molecule has 1 nitrogen and oxygen atoms in total. The molecule has 0 saturated heterocycles. The second-order valence-electron chi connectivity index (χ2n) is 8.95. The van der Waals surface area contributed by atoms with Crippen molar-refractivity contribution in [1.82, 2.24) is 0 Å². The van der Waals surface area contributed by atoms with E-state index in [4.69, 9.17) is 5.11 Å². The zero-order chi connectivity index (χ0) is 24.1. The summed E-state index contributed by atoms with van der Waals surface area (Å²) in [5.41, 5.74) is 0. The summed E-state index contributed by atoms with van der Waals surface area (Å²) in [5, 5.41) is 12.8. The molecule has 0 heterocycles. The van der Waals surface area contributed by atoms with Gasteiger partial charge in [-0.05, 0) is 30.3 Å². The standard InChI is InChI=1S/C18H15P.C14H30O/c1-4-10-16(11-5-1)19(17-12-6-2-7-13-17)18-14-8-3-9-15-18;1-2-3-4-5-6-7-8-9-10-11-12-13-14-15/h1-15H;15H,2-14H2,1H3. The number of unbranched alkanes of at least 4 members (excludes halogenated alkanes) is 11. The Morgan fingerprint density at radius 1 is 0.441 bits per heavy atom. The summed E-state index contributed by atoms with van der Waals surface area (Å²) in [6, 6.07) is 32.3. The molecule has 0 spiro atoms. The predicted octanol–water partition coefficient (Wildman–Crippen LogP) is 8.12. The first-order chi connectivity index (χ1) is 16.9. The molecular weight excluding hydrogens is 431 g/mol. The van der Waals surface area contributed by atoms with Crippen molar-refractivity contribution in [2.45, 2.75) is 84.0 Å². The SMILES string of the molecule is CCCCCCCCCCCCCCO.c1ccc(P(c2ccccc2)c2ccccc2)cc1. The molecule has 3 aromatic rings. The highest BCUT2D eigenvalue weighted by atomic mass is 31.1. The Labute approximate surface area is 210 Å². The average molecular weight is 477 g/mol. The summed E-state index contributed by atoms with van der Waals surface area (Å²) >= 11 is 0. The second-order valence-corrected chi connectivity index (χ2v) is 11.2. The molecule has 3 rings (SSSR count). The summed E-state index contributed by atoms with van der Waals surface area (Å²) in [5.74, 6) is 0. The topological polar surface area (TPSA) is 20.2 Å². The van der Waals surface area contributed by atoms with Crippen molar-refractivity contribution in [3.05, 3.63) is 91.0 Å². The van der Waals surface area contributed by atoms with Crippen LogP contribution in [0.25, 0.3) is 0 Å². The van der Waals surface area contributed by atoms with Crippen molar-refractivity contribution >= 4 is 23.8 Å². The number of aliphatic hydroxyl groups is 1. The Bertz CT molecular complexity index is 713. The van der Waals surface area contributed by atoms with Crippen LogP contribution in [0.4, 0.5) is 0 Å². The highest BCUT2D eigenvalue weighted by Gasteiger charge is 2.14. The van der Waals surface area contributed by atoms with Crippen molar-refractivity contribution < 1.29 is 5.11 Å². The lowest BCUT2D eigenvalue weighted by Crippen LogP contribution is -2.20. The van der Waals surface area contributed by atoms with E-state index in [-0.39, 0.29) is 0 Å². The van der Waals surface area contributed by atoms with Crippen LogP contribution in [-0.4, -0.2) is 11.7 Å². The van der Waals surface area contributed by atoms with Gasteiger partial charge in [-0.3, -0.25) is 0 Å². The van der Waals surface area contributed by atoms with Gasteiger partial charge in [0.25, 0.3) is 0 Å². The van der Waals surface area contributed by atoms with Crippen molar-refractivity contribution in [3.8, 4) is 0 Å². The lowest BCUT2D eigenvalue weighted by molar-refractivity contribution is 0.282. The van der Waals surface area contributed by atoms with E-state index in [2.05, 4.69) is 97.9 Å². The fourth-order valence-electron chi connectivity index (χ4n) is 4.13. The maximum atomic E-state index is 8.61. The summed E-state index contributed by atoms with van der Waals surface area (Å²) in [6.45, 7) is 2.64. The monoisotopic (exact) mass is 476 g/mol. The van der Waals surface area contributed by atoms with Gasteiger partial charge in [-0.2, -0.15) is 0 Å². The van der Waals surface area contributed by atoms with Crippen LogP contribution < -0.4 is 15.9 Å².